The summed E-state index contributed by atoms with van der Waals surface area (Å²) in [4.78, 5) is 15.8. The Balaban J connectivity index is 1.70. The van der Waals surface area contributed by atoms with E-state index >= 15 is 0 Å². The minimum absolute atomic E-state index is 0.168. The van der Waals surface area contributed by atoms with Crippen LogP contribution in [0.5, 0.6) is 5.75 Å². The predicted octanol–water partition coefficient (Wildman–Crippen LogP) is 2.62. The molecule has 1 aromatic carbocycles. The van der Waals surface area contributed by atoms with Crippen molar-refractivity contribution in [3.63, 3.8) is 0 Å². The number of rotatable bonds is 8. The molecular weight excluding hydrogens is 311 g/mol. The van der Waals surface area contributed by atoms with Crippen LogP contribution in [0.1, 0.15) is 31.4 Å². The van der Waals surface area contributed by atoms with E-state index in [1.165, 1.54) is 24.3 Å². The van der Waals surface area contributed by atoms with Gasteiger partial charge < -0.3 is 15.2 Å². The number of aliphatic hydroxyl groups excluding tert-OH is 1. The van der Waals surface area contributed by atoms with Crippen LogP contribution >= 0.6 is 0 Å². The molecule has 0 spiro atoms. The lowest BCUT2D eigenvalue weighted by Crippen LogP contribution is -2.37. The summed E-state index contributed by atoms with van der Waals surface area (Å²) < 4.78 is 18.4. The smallest absolute Gasteiger partial charge is 0.220 e. The fourth-order valence-electron chi connectivity index (χ4n) is 2.21. The van der Waals surface area contributed by atoms with E-state index in [0.29, 0.717) is 30.8 Å². The Labute approximate surface area is 140 Å². The molecule has 2 unspecified atom stereocenters. The SMILES string of the molecule is CC(NC(=O)CCCOc1cccnc1)C(O)c1ccc(F)cc1. The van der Waals surface area contributed by atoms with Gasteiger partial charge in [-0.05, 0) is 43.2 Å². The molecule has 2 N–H and O–H groups in total. The summed E-state index contributed by atoms with van der Waals surface area (Å²) in [6.07, 6.45) is 3.23. The van der Waals surface area contributed by atoms with Gasteiger partial charge in [-0.2, -0.15) is 0 Å². The summed E-state index contributed by atoms with van der Waals surface area (Å²) in [6.45, 7) is 2.12. The lowest BCUT2D eigenvalue weighted by molar-refractivity contribution is -0.122. The third kappa shape index (κ3) is 5.62. The van der Waals surface area contributed by atoms with Gasteiger partial charge in [0.15, 0.2) is 0 Å². The Kier molecular flexibility index (Phi) is 6.69. The average molecular weight is 332 g/mol. The maximum atomic E-state index is 12.9. The second-order valence-electron chi connectivity index (χ2n) is 5.49. The Morgan fingerprint density at radius 3 is 2.75 bits per heavy atom. The van der Waals surface area contributed by atoms with Crippen molar-refractivity contribution in [1.82, 2.24) is 10.3 Å². The molecule has 0 saturated carbocycles. The van der Waals surface area contributed by atoms with E-state index in [0.717, 1.165) is 0 Å². The van der Waals surface area contributed by atoms with E-state index in [2.05, 4.69) is 10.3 Å². The van der Waals surface area contributed by atoms with Crippen LogP contribution in [-0.2, 0) is 4.79 Å². The number of ether oxygens (including phenoxy) is 1. The van der Waals surface area contributed by atoms with Gasteiger partial charge in [-0.3, -0.25) is 9.78 Å². The first-order chi connectivity index (χ1) is 11.6. The van der Waals surface area contributed by atoms with Crippen molar-refractivity contribution in [3.05, 3.63) is 60.2 Å². The van der Waals surface area contributed by atoms with E-state index in [1.54, 1.807) is 31.5 Å². The second kappa shape index (κ2) is 8.98. The van der Waals surface area contributed by atoms with Crippen molar-refractivity contribution in [1.29, 1.82) is 0 Å². The minimum Gasteiger partial charge on any atom is -0.492 e. The number of hydrogen-bond donors (Lipinski definition) is 2. The second-order valence-corrected chi connectivity index (χ2v) is 5.49. The lowest BCUT2D eigenvalue weighted by atomic mass is 10.0. The molecule has 24 heavy (non-hydrogen) atoms. The molecule has 0 saturated heterocycles. The molecular formula is C18H21FN2O3. The molecule has 1 amide bonds. The number of carbonyl (C=O) groups excluding carboxylic acids is 1. The van der Waals surface area contributed by atoms with Gasteiger partial charge in [-0.15, -0.1) is 0 Å². The molecule has 0 aliphatic carbocycles. The standard InChI is InChI=1S/C18H21FN2O3/c1-13(18(23)14-6-8-15(19)9-7-14)21-17(22)5-3-11-24-16-4-2-10-20-12-16/h2,4,6-10,12-13,18,23H,3,5,11H2,1H3,(H,21,22). The quantitative estimate of drug-likeness (QED) is 0.729. The maximum absolute atomic E-state index is 12.9. The molecule has 0 bridgehead atoms. The van der Waals surface area contributed by atoms with Crippen molar-refractivity contribution in [2.24, 2.45) is 0 Å². The number of nitrogens with one attached hydrogen (secondary N) is 1. The van der Waals surface area contributed by atoms with Crippen LogP contribution in [0.25, 0.3) is 0 Å². The van der Waals surface area contributed by atoms with Gasteiger partial charge in [-0.1, -0.05) is 12.1 Å². The summed E-state index contributed by atoms with van der Waals surface area (Å²) in [5, 5.41) is 12.9. The fourth-order valence-corrected chi connectivity index (χ4v) is 2.21. The van der Waals surface area contributed by atoms with Gasteiger partial charge >= 0.3 is 0 Å². The van der Waals surface area contributed by atoms with Crippen LogP contribution in [0.3, 0.4) is 0 Å². The van der Waals surface area contributed by atoms with Crippen LogP contribution < -0.4 is 10.1 Å². The normalized spacial score (nSPS) is 13.1. The highest BCUT2D eigenvalue weighted by molar-refractivity contribution is 5.76. The zero-order chi connectivity index (χ0) is 17.4. The topological polar surface area (TPSA) is 71.5 Å². The number of aliphatic hydroxyl groups is 1. The molecule has 2 aromatic rings. The van der Waals surface area contributed by atoms with Crippen LogP contribution in [0.2, 0.25) is 0 Å². The van der Waals surface area contributed by atoms with Gasteiger partial charge in [0.1, 0.15) is 11.6 Å². The molecule has 1 heterocycles. The summed E-state index contributed by atoms with van der Waals surface area (Å²) in [7, 11) is 0. The zero-order valence-electron chi connectivity index (χ0n) is 13.5. The molecule has 0 aliphatic rings. The van der Waals surface area contributed by atoms with Gasteiger partial charge in [0.2, 0.25) is 5.91 Å². The number of pyridine rings is 1. The monoisotopic (exact) mass is 332 g/mol. The molecule has 0 aliphatic heterocycles. The predicted molar refractivity (Wildman–Crippen MR) is 87.9 cm³/mol. The van der Waals surface area contributed by atoms with Gasteiger partial charge in [0, 0.05) is 12.6 Å². The summed E-state index contributed by atoms with van der Waals surface area (Å²) in [6, 6.07) is 8.68. The molecule has 2 rings (SSSR count). The van der Waals surface area contributed by atoms with Crippen LogP contribution in [0.4, 0.5) is 4.39 Å². The maximum Gasteiger partial charge on any atom is 0.220 e. The van der Waals surface area contributed by atoms with E-state index in [4.69, 9.17) is 4.74 Å². The highest BCUT2D eigenvalue weighted by Crippen LogP contribution is 2.17. The number of aromatic nitrogens is 1. The number of benzene rings is 1. The number of carbonyl (C=O) groups is 1. The van der Waals surface area contributed by atoms with Gasteiger partial charge in [-0.25, -0.2) is 4.39 Å². The Hall–Kier alpha value is -2.47. The highest BCUT2D eigenvalue weighted by Gasteiger charge is 2.18. The molecule has 1 aromatic heterocycles. The number of halogens is 1. The van der Waals surface area contributed by atoms with E-state index in [9.17, 15) is 14.3 Å². The Morgan fingerprint density at radius 1 is 1.33 bits per heavy atom. The Bertz CT molecular complexity index is 634. The summed E-state index contributed by atoms with van der Waals surface area (Å²) >= 11 is 0. The first-order valence-corrected chi connectivity index (χ1v) is 7.82. The number of nitrogens with zero attached hydrogens (tertiary/aromatic N) is 1. The third-order valence-electron chi connectivity index (χ3n) is 3.53. The largest absolute Gasteiger partial charge is 0.492 e. The summed E-state index contributed by atoms with van der Waals surface area (Å²) in [5.74, 6) is 0.132. The number of amides is 1. The fraction of sp³-hybridized carbons (Fsp3) is 0.333. The first-order valence-electron chi connectivity index (χ1n) is 7.82. The van der Waals surface area contributed by atoms with E-state index < -0.39 is 12.1 Å². The number of hydrogen-bond acceptors (Lipinski definition) is 4. The minimum atomic E-state index is -0.888. The van der Waals surface area contributed by atoms with Crippen molar-refractivity contribution in [2.45, 2.75) is 31.9 Å². The Morgan fingerprint density at radius 2 is 2.08 bits per heavy atom. The molecule has 6 heteroatoms. The summed E-state index contributed by atoms with van der Waals surface area (Å²) in [5.41, 5.74) is 0.559. The van der Waals surface area contributed by atoms with Crippen molar-refractivity contribution < 1.29 is 19.0 Å². The van der Waals surface area contributed by atoms with Crippen LogP contribution in [0, 0.1) is 5.82 Å². The lowest BCUT2D eigenvalue weighted by Gasteiger charge is -2.20. The molecule has 5 nitrogen and oxygen atoms in total. The average Bonchev–Trinajstić information content (AvgIpc) is 2.59. The first kappa shape index (κ1) is 17.9. The zero-order valence-corrected chi connectivity index (χ0v) is 13.5. The van der Waals surface area contributed by atoms with Crippen molar-refractivity contribution in [2.75, 3.05) is 6.61 Å². The molecule has 0 radical (unpaired) electrons. The van der Waals surface area contributed by atoms with Gasteiger partial charge in [0.05, 0.1) is 24.9 Å². The third-order valence-corrected chi connectivity index (χ3v) is 3.53. The highest BCUT2D eigenvalue weighted by atomic mass is 19.1. The van der Waals surface area contributed by atoms with E-state index in [-0.39, 0.29) is 11.7 Å². The van der Waals surface area contributed by atoms with Crippen molar-refractivity contribution >= 4 is 5.91 Å². The molecule has 128 valence electrons. The van der Waals surface area contributed by atoms with Gasteiger partial charge in [0.25, 0.3) is 0 Å². The van der Waals surface area contributed by atoms with Crippen LogP contribution in [-0.4, -0.2) is 28.6 Å². The molecule has 0 fully saturated rings. The van der Waals surface area contributed by atoms with Crippen LogP contribution in [0.15, 0.2) is 48.8 Å². The van der Waals surface area contributed by atoms with Crippen molar-refractivity contribution in [3.8, 4) is 5.75 Å². The van der Waals surface area contributed by atoms with E-state index in [1.807, 2.05) is 0 Å². The molecule has 2 atom stereocenters.